The molecule has 1 atom stereocenters. The fourth-order valence-corrected chi connectivity index (χ4v) is 3.16. The third kappa shape index (κ3) is 4.30. The molecule has 3 aromatic rings. The van der Waals surface area contributed by atoms with Crippen molar-refractivity contribution in [2.45, 2.75) is 25.8 Å². The van der Waals surface area contributed by atoms with Gasteiger partial charge in [0.1, 0.15) is 5.69 Å². The van der Waals surface area contributed by atoms with Crippen LogP contribution in [0.5, 0.6) is 0 Å². The lowest BCUT2D eigenvalue weighted by atomic mass is 9.89. The van der Waals surface area contributed by atoms with E-state index in [1.807, 2.05) is 68.4 Å². The van der Waals surface area contributed by atoms with Crippen molar-refractivity contribution in [2.24, 2.45) is 10.7 Å². The summed E-state index contributed by atoms with van der Waals surface area (Å²) in [6.07, 6.45) is 2.90. The zero-order valence-corrected chi connectivity index (χ0v) is 17.3. The predicted octanol–water partition coefficient (Wildman–Crippen LogP) is 3.52. The number of hydrogen-bond donors (Lipinski definition) is 2. The highest BCUT2D eigenvalue weighted by Crippen LogP contribution is 2.31. The maximum atomic E-state index is 12.9. The largest absolute Gasteiger partial charge is 0.369 e. The number of benzene rings is 2. The number of aromatic nitrogens is 1. The summed E-state index contributed by atoms with van der Waals surface area (Å²) in [6.45, 7) is 3.93. The fraction of sp³-hybridized carbons (Fsp3) is 0.217. The van der Waals surface area contributed by atoms with Crippen molar-refractivity contribution in [1.82, 2.24) is 9.88 Å². The minimum absolute atomic E-state index is 0.128. The van der Waals surface area contributed by atoms with Gasteiger partial charge in [0.2, 0.25) is 6.41 Å². The second-order valence-electron chi connectivity index (χ2n) is 7.23. The van der Waals surface area contributed by atoms with Crippen molar-refractivity contribution < 1.29 is 9.59 Å². The summed E-state index contributed by atoms with van der Waals surface area (Å²) < 4.78 is 0. The number of fused-ring (bicyclic) bond motifs is 1. The summed E-state index contributed by atoms with van der Waals surface area (Å²) in [5.41, 5.74) is 7.16. The van der Waals surface area contributed by atoms with Crippen LogP contribution in [0.25, 0.3) is 10.8 Å². The molecule has 0 saturated heterocycles. The number of carbonyl (C=O) groups excluding carboxylic acids is 2. The molecule has 0 unspecified atom stereocenters. The molecule has 0 saturated carbocycles. The highest BCUT2D eigenvalue weighted by Gasteiger charge is 2.25. The molecule has 7 heteroatoms. The van der Waals surface area contributed by atoms with Gasteiger partial charge in [0.05, 0.1) is 5.54 Å². The van der Waals surface area contributed by atoms with Crippen molar-refractivity contribution >= 4 is 34.7 Å². The zero-order chi connectivity index (χ0) is 21.7. The molecule has 30 heavy (non-hydrogen) atoms. The van der Waals surface area contributed by atoms with Crippen LogP contribution in [0, 0.1) is 0 Å². The van der Waals surface area contributed by atoms with E-state index in [-0.39, 0.29) is 11.9 Å². The van der Waals surface area contributed by atoms with Gasteiger partial charge >= 0.3 is 0 Å². The van der Waals surface area contributed by atoms with E-state index in [2.05, 4.69) is 15.3 Å². The monoisotopic (exact) mass is 403 g/mol. The van der Waals surface area contributed by atoms with E-state index in [9.17, 15) is 9.59 Å². The quantitative estimate of drug-likeness (QED) is 0.374. The van der Waals surface area contributed by atoms with Gasteiger partial charge < -0.3 is 11.1 Å². The smallest absolute Gasteiger partial charge is 0.274 e. The normalized spacial score (nSPS) is 13.5. The molecule has 154 valence electrons. The first-order valence-electron chi connectivity index (χ1n) is 9.67. The summed E-state index contributed by atoms with van der Waals surface area (Å²) in [5, 5.41) is 4.67. The Balaban J connectivity index is 1.91. The number of nitrogens with two attached hydrogens (primary N) is 1. The number of pyridine rings is 1. The highest BCUT2D eigenvalue weighted by molar-refractivity contribution is 6.11. The maximum absolute atomic E-state index is 12.9. The molecule has 3 rings (SSSR count). The van der Waals surface area contributed by atoms with Crippen LogP contribution >= 0.6 is 0 Å². The van der Waals surface area contributed by atoms with Crippen LogP contribution < -0.4 is 11.1 Å². The summed E-state index contributed by atoms with van der Waals surface area (Å²) in [6, 6.07) is 17.0. The van der Waals surface area contributed by atoms with E-state index < -0.39 is 5.54 Å². The van der Waals surface area contributed by atoms with Gasteiger partial charge in [-0.15, -0.1) is 0 Å². The Morgan fingerprint density at radius 1 is 1.23 bits per heavy atom. The molecule has 2 amide bonds. The molecule has 0 aliphatic rings. The van der Waals surface area contributed by atoms with Crippen molar-refractivity contribution in [2.75, 3.05) is 12.4 Å². The molecule has 7 nitrogen and oxygen atoms in total. The number of carbonyl (C=O) groups is 2. The second-order valence-corrected chi connectivity index (χ2v) is 7.23. The Morgan fingerprint density at radius 3 is 2.73 bits per heavy atom. The number of aliphatic imine (C=N–C) groups is 1. The lowest BCUT2D eigenvalue weighted by molar-refractivity contribution is -0.114. The highest BCUT2D eigenvalue weighted by atomic mass is 16.2. The summed E-state index contributed by atoms with van der Waals surface area (Å²) >= 11 is 0. The van der Waals surface area contributed by atoms with E-state index in [0.29, 0.717) is 24.2 Å². The van der Waals surface area contributed by atoms with Gasteiger partial charge in [0.25, 0.3) is 5.91 Å². The van der Waals surface area contributed by atoms with E-state index >= 15 is 0 Å². The van der Waals surface area contributed by atoms with Crippen LogP contribution in [-0.2, 0) is 10.3 Å². The number of nitrogens with one attached hydrogen (secondary N) is 1. The third-order valence-electron chi connectivity index (χ3n) is 5.20. The van der Waals surface area contributed by atoms with Crippen molar-refractivity contribution in [1.29, 1.82) is 0 Å². The number of nitrogens with zero attached hydrogens (tertiary/aromatic N) is 3. The Hall–Kier alpha value is -3.74. The van der Waals surface area contributed by atoms with Gasteiger partial charge in [-0.2, -0.15) is 0 Å². The fourth-order valence-electron chi connectivity index (χ4n) is 3.16. The standard InChI is InChI=1S/C23H25N5O2/c1-4-23(2,27-22(24)28(3)15-29)17-9-7-10-18(14-17)26-21(30)20-19-11-6-5-8-16(19)12-13-25-20/h5-15H,4H2,1-3H3,(H2,24,27)(H,26,30)/t23-/m0/s1. The molecule has 0 bridgehead atoms. The SMILES string of the molecule is CC[C@](C)(/N=C(/N)N(C)C=O)c1cccc(NC(=O)c2nccc3ccccc23)c1. The molecule has 3 N–H and O–H groups in total. The Bertz CT molecular complexity index is 1110. The van der Waals surface area contributed by atoms with Crippen molar-refractivity contribution in [3.05, 3.63) is 72.1 Å². The van der Waals surface area contributed by atoms with Gasteiger partial charge in [-0.3, -0.25) is 19.5 Å². The van der Waals surface area contributed by atoms with Gasteiger partial charge in [-0.05, 0) is 42.5 Å². The summed E-state index contributed by atoms with van der Waals surface area (Å²) in [4.78, 5) is 33.9. The Kier molecular flexibility index (Phi) is 6.11. The molecule has 0 aliphatic heterocycles. The van der Waals surface area contributed by atoms with E-state index in [1.165, 1.54) is 4.90 Å². The maximum Gasteiger partial charge on any atom is 0.274 e. The number of guanidine groups is 1. The average molecular weight is 403 g/mol. The predicted molar refractivity (Wildman–Crippen MR) is 119 cm³/mol. The first-order valence-corrected chi connectivity index (χ1v) is 9.67. The summed E-state index contributed by atoms with van der Waals surface area (Å²) in [5.74, 6) is -0.158. The first-order chi connectivity index (χ1) is 14.4. The number of amides is 2. The molecule has 1 heterocycles. The van der Waals surface area contributed by atoms with Gasteiger partial charge in [-0.25, -0.2) is 4.99 Å². The van der Waals surface area contributed by atoms with Crippen LogP contribution in [0.1, 0.15) is 36.3 Å². The molecular formula is C23H25N5O2. The molecular weight excluding hydrogens is 378 g/mol. The van der Waals surface area contributed by atoms with Crippen LogP contribution in [0.15, 0.2) is 65.8 Å². The molecule has 1 aromatic heterocycles. The molecule has 0 spiro atoms. The van der Waals surface area contributed by atoms with Crippen LogP contribution in [-0.4, -0.2) is 35.2 Å². The van der Waals surface area contributed by atoms with E-state index in [1.54, 1.807) is 13.2 Å². The topological polar surface area (TPSA) is 101 Å². The first kappa shape index (κ1) is 21.0. The Morgan fingerprint density at radius 2 is 2.00 bits per heavy atom. The molecule has 0 fully saturated rings. The lowest BCUT2D eigenvalue weighted by Crippen LogP contribution is -2.36. The van der Waals surface area contributed by atoms with Crippen molar-refractivity contribution in [3.63, 3.8) is 0 Å². The molecule has 0 radical (unpaired) electrons. The average Bonchev–Trinajstić information content (AvgIpc) is 2.78. The molecule has 2 aromatic carbocycles. The van der Waals surface area contributed by atoms with Gasteiger partial charge in [-0.1, -0.05) is 43.3 Å². The number of anilines is 1. The van der Waals surface area contributed by atoms with Crippen LogP contribution in [0.3, 0.4) is 0 Å². The third-order valence-corrected chi connectivity index (χ3v) is 5.20. The minimum atomic E-state index is -0.653. The van der Waals surface area contributed by atoms with Gasteiger partial charge in [0.15, 0.2) is 5.96 Å². The van der Waals surface area contributed by atoms with Crippen LogP contribution in [0.2, 0.25) is 0 Å². The van der Waals surface area contributed by atoms with Crippen molar-refractivity contribution in [3.8, 4) is 0 Å². The number of hydrogen-bond acceptors (Lipinski definition) is 4. The summed E-state index contributed by atoms with van der Waals surface area (Å²) in [7, 11) is 1.55. The second kappa shape index (κ2) is 8.73. The van der Waals surface area contributed by atoms with Gasteiger partial charge in [0, 0.05) is 24.3 Å². The van der Waals surface area contributed by atoms with E-state index in [0.717, 1.165) is 16.3 Å². The molecule has 0 aliphatic carbocycles. The minimum Gasteiger partial charge on any atom is -0.369 e. The lowest BCUT2D eigenvalue weighted by Gasteiger charge is -2.26. The zero-order valence-electron chi connectivity index (χ0n) is 17.3. The number of rotatable bonds is 6. The van der Waals surface area contributed by atoms with Crippen LogP contribution in [0.4, 0.5) is 5.69 Å². The Labute approximate surface area is 175 Å². The van der Waals surface area contributed by atoms with E-state index in [4.69, 9.17) is 5.73 Å².